The topological polar surface area (TPSA) is 94.6 Å². The molecule has 0 saturated carbocycles. The molecule has 3 aromatic carbocycles. The molecular formula is C34H39N3O5. The van der Waals surface area contributed by atoms with Crippen LogP contribution in [-0.4, -0.2) is 42.0 Å². The van der Waals surface area contributed by atoms with Crippen LogP contribution in [0.1, 0.15) is 54.7 Å². The fourth-order valence-corrected chi connectivity index (χ4v) is 5.68. The van der Waals surface area contributed by atoms with Crippen molar-refractivity contribution in [1.82, 2.24) is 14.9 Å². The van der Waals surface area contributed by atoms with Crippen LogP contribution in [0.15, 0.2) is 101 Å². The second-order valence-electron chi connectivity index (χ2n) is 10.7. The number of nitrogens with zero attached hydrogens (tertiary/aromatic N) is 1. The summed E-state index contributed by atoms with van der Waals surface area (Å²) in [7, 11) is 1.65. The minimum absolute atomic E-state index is 0.128. The second-order valence-corrected chi connectivity index (χ2v) is 10.7. The minimum Gasteiger partial charge on any atom is -0.497 e. The van der Waals surface area contributed by atoms with Crippen molar-refractivity contribution in [2.24, 2.45) is 0 Å². The van der Waals surface area contributed by atoms with Crippen molar-refractivity contribution >= 4 is 0 Å². The molecule has 0 aliphatic carbocycles. The van der Waals surface area contributed by atoms with Gasteiger partial charge in [-0.05, 0) is 55.1 Å². The Balaban J connectivity index is 1.51. The third-order valence-electron chi connectivity index (χ3n) is 7.89. The van der Waals surface area contributed by atoms with Gasteiger partial charge < -0.3 is 19.5 Å². The van der Waals surface area contributed by atoms with Gasteiger partial charge in [0, 0.05) is 11.8 Å². The van der Waals surface area contributed by atoms with Gasteiger partial charge in [-0.1, -0.05) is 86.1 Å². The SMILES string of the molecule is CCCCN[C@@H]1C[C@@H](COC(c2ccccc2)(c2ccccc2)c2ccc(OC)cc2)O[C@H]1n1cc(C)c(=O)[nH]c1=O. The number of aromatic amines is 1. The molecule has 42 heavy (non-hydrogen) atoms. The Morgan fingerprint density at radius 1 is 0.952 bits per heavy atom. The number of rotatable bonds is 12. The van der Waals surface area contributed by atoms with E-state index in [1.807, 2.05) is 60.7 Å². The average molecular weight is 570 g/mol. The van der Waals surface area contributed by atoms with Gasteiger partial charge in [-0.15, -0.1) is 0 Å². The van der Waals surface area contributed by atoms with Crippen molar-refractivity contribution in [3.8, 4) is 5.75 Å². The Morgan fingerprint density at radius 3 is 2.17 bits per heavy atom. The van der Waals surface area contributed by atoms with Crippen LogP contribution in [0, 0.1) is 6.92 Å². The lowest BCUT2D eigenvalue weighted by molar-refractivity contribution is -0.0794. The maximum Gasteiger partial charge on any atom is 0.330 e. The zero-order valence-corrected chi connectivity index (χ0v) is 24.4. The molecule has 3 atom stereocenters. The van der Waals surface area contributed by atoms with Gasteiger partial charge in [0.05, 0.1) is 25.9 Å². The summed E-state index contributed by atoms with van der Waals surface area (Å²) >= 11 is 0. The number of H-pyrrole nitrogens is 1. The molecule has 5 rings (SSSR count). The number of nitrogens with one attached hydrogen (secondary N) is 2. The molecule has 1 aromatic heterocycles. The Morgan fingerprint density at radius 2 is 1.57 bits per heavy atom. The van der Waals surface area contributed by atoms with Gasteiger partial charge in [-0.25, -0.2) is 4.79 Å². The van der Waals surface area contributed by atoms with E-state index in [9.17, 15) is 9.59 Å². The number of methoxy groups -OCH3 is 1. The van der Waals surface area contributed by atoms with E-state index in [0.717, 1.165) is 41.8 Å². The molecule has 0 amide bonds. The summed E-state index contributed by atoms with van der Waals surface area (Å²) in [6.07, 6.45) is 3.39. The molecular weight excluding hydrogens is 530 g/mol. The van der Waals surface area contributed by atoms with Crippen LogP contribution < -0.4 is 21.3 Å². The standard InChI is InChI=1S/C34H39N3O5/c1-4-5-20-35-30-21-29(42-32(30)37-22-24(2)31(38)36-33(37)39)23-41-34(25-12-8-6-9-13-25,26-14-10-7-11-15-26)27-16-18-28(40-3)19-17-27/h6-19,22,29-30,32,35H,4-5,20-21,23H2,1-3H3,(H,36,38,39)/t29-,30+,32+/m0/s1. The highest BCUT2D eigenvalue weighted by molar-refractivity contribution is 5.48. The molecule has 1 fully saturated rings. The van der Waals surface area contributed by atoms with Crippen molar-refractivity contribution in [3.05, 3.63) is 134 Å². The van der Waals surface area contributed by atoms with Gasteiger partial charge in [-0.2, -0.15) is 0 Å². The molecule has 0 bridgehead atoms. The van der Waals surface area contributed by atoms with E-state index < -0.39 is 17.5 Å². The molecule has 0 radical (unpaired) electrons. The number of hydrogen-bond acceptors (Lipinski definition) is 6. The Bertz CT molecular complexity index is 1510. The fraction of sp³-hybridized carbons (Fsp3) is 0.353. The lowest BCUT2D eigenvalue weighted by Crippen LogP contribution is -2.41. The largest absolute Gasteiger partial charge is 0.497 e. The lowest BCUT2D eigenvalue weighted by atomic mass is 9.80. The summed E-state index contributed by atoms with van der Waals surface area (Å²) in [4.78, 5) is 27.3. The van der Waals surface area contributed by atoms with Gasteiger partial charge >= 0.3 is 5.69 Å². The fourth-order valence-electron chi connectivity index (χ4n) is 5.68. The van der Waals surface area contributed by atoms with Crippen molar-refractivity contribution in [2.45, 2.75) is 57.1 Å². The number of aromatic nitrogens is 2. The third-order valence-corrected chi connectivity index (χ3v) is 7.89. The first-order valence-electron chi connectivity index (χ1n) is 14.6. The maximum atomic E-state index is 12.8. The average Bonchev–Trinajstić information content (AvgIpc) is 3.43. The predicted molar refractivity (Wildman–Crippen MR) is 163 cm³/mol. The van der Waals surface area contributed by atoms with Gasteiger partial charge in [0.1, 0.15) is 11.4 Å². The summed E-state index contributed by atoms with van der Waals surface area (Å²) in [5.74, 6) is 0.762. The highest BCUT2D eigenvalue weighted by Gasteiger charge is 2.42. The van der Waals surface area contributed by atoms with E-state index in [0.29, 0.717) is 12.0 Å². The molecule has 0 spiro atoms. The van der Waals surface area contributed by atoms with Crippen LogP contribution in [-0.2, 0) is 15.1 Å². The molecule has 4 aromatic rings. The highest BCUT2D eigenvalue weighted by atomic mass is 16.6. The maximum absolute atomic E-state index is 12.8. The number of benzene rings is 3. The lowest BCUT2D eigenvalue weighted by Gasteiger charge is -2.36. The Kier molecular flexibility index (Phi) is 9.37. The molecule has 8 nitrogen and oxygen atoms in total. The van der Waals surface area contributed by atoms with Gasteiger partial charge in [0.25, 0.3) is 5.56 Å². The van der Waals surface area contributed by atoms with Crippen molar-refractivity contribution < 1.29 is 14.2 Å². The van der Waals surface area contributed by atoms with Gasteiger partial charge in [-0.3, -0.25) is 14.3 Å². The first-order chi connectivity index (χ1) is 20.5. The van der Waals surface area contributed by atoms with E-state index >= 15 is 0 Å². The van der Waals surface area contributed by atoms with E-state index in [4.69, 9.17) is 14.2 Å². The highest BCUT2D eigenvalue weighted by Crippen LogP contribution is 2.42. The Hall–Kier alpha value is -3.98. The molecule has 1 aliphatic heterocycles. The number of ether oxygens (including phenoxy) is 3. The minimum atomic E-state index is -0.924. The summed E-state index contributed by atoms with van der Waals surface area (Å²) in [5, 5.41) is 3.58. The molecule has 8 heteroatoms. The van der Waals surface area contributed by atoms with E-state index in [1.165, 1.54) is 4.57 Å². The molecule has 0 unspecified atom stereocenters. The monoisotopic (exact) mass is 569 g/mol. The first kappa shape index (κ1) is 29.5. The smallest absolute Gasteiger partial charge is 0.330 e. The number of hydrogen-bond donors (Lipinski definition) is 2. The van der Waals surface area contributed by atoms with Crippen LogP contribution in [0.3, 0.4) is 0 Å². The van der Waals surface area contributed by atoms with Crippen LogP contribution in [0.25, 0.3) is 0 Å². The predicted octanol–water partition coefficient (Wildman–Crippen LogP) is 4.91. The van der Waals surface area contributed by atoms with Crippen LogP contribution in [0.5, 0.6) is 5.75 Å². The molecule has 1 saturated heterocycles. The van der Waals surface area contributed by atoms with Crippen LogP contribution in [0.2, 0.25) is 0 Å². The van der Waals surface area contributed by atoms with Crippen LogP contribution >= 0.6 is 0 Å². The number of unbranched alkanes of at least 4 members (excludes halogenated alkanes) is 1. The van der Waals surface area contributed by atoms with E-state index in [-0.39, 0.29) is 24.3 Å². The normalized spacial score (nSPS) is 18.7. The second kappa shape index (κ2) is 13.3. The summed E-state index contributed by atoms with van der Waals surface area (Å²) in [6, 6.07) is 28.2. The molecule has 1 aliphatic rings. The summed E-state index contributed by atoms with van der Waals surface area (Å²) in [6.45, 7) is 4.90. The van der Waals surface area contributed by atoms with Crippen molar-refractivity contribution in [3.63, 3.8) is 0 Å². The zero-order chi connectivity index (χ0) is 29.5. The quantitative estimate of drug-likeness (QED) is 0.186. The molecule has 2 heterocycles. The summed E-state index contributed by atoms with van der Waals surface area (Å²) in [5.41, 5.74) is 1.59. The summed E-state index contributed by atoms with van der Waals surface area (Å²) < 4.78 is 20.5. The molecule has 220 valence electrons. The van der Waals surface area contributed by atoms with Crippen LogP contribution in [0.4, 0.5) is 0 Å². The van der Waals surface area contributed by atoms with Crippen molar-refractivity contribution in [2.75, 3.05) is 20.3 Å². The third kappa shape index (κ3) is 6.11. The van der Waals surface area contributed by atoms with Gasteiger partial charge in [0.2, 0.25) is 0 Å². The van der Waals surface area contributed by atoms with Gasteiger partial charge in [0.15, 0.2) is 6.23 Å². The first-order valence-corrected chi connectivity index (χ1v) is 14.6. The van der Waals surface area contributed by atoms with E-state index in [1.54, 1.807) is 20.2 Å². The number of aryl methyl sites for hydroxylation is 1. The van der Waals surface area contributed by atoms with Crippen molar-refractivity contribution in [1.29, 1.82) is 0 Å². The molecule has 2 N–H and O–H groups in total. The Labute approximate surface area is 246 Å². The zero-order valence-electron chi connectivity index (χ0n) is 24.4. The van der Waals surface area contributed by atoms with E-state index in [2.05, 4.69) is 41.5 Å².